The minimum Gasteiger partial charge on any atom is -0.342 e. The fraction of sp³-hybridized carbons (Fsp3) is 0.914. The molecule has 0 aromatic rings. The van der Waals surface area contributed by atoms with Crippen LogP contribution in [0.2, 0.25) is 0 Å². The second-order valence-electron chi connectivity index (χ2n) is 15.8. The molecule has 1 heterocycles. The van der Waals surface area contributed by atoms with Crippen molar-refractivity contribution in [3.8, 4) is 0 Å². The number of hydrogen-bond acceptors (Lipinski definition) is 4. The first-order valence-electron chi connectivity index (χ1n) is 17.7. The summed E-state index contributed by atoms with van der Waals surface area (Å²) < 4.78 is 3.15. The zero-order chi connectivity index (χ0) is 29.5. The van der Waals surface area contributed by atoms with E-state index in [2.05, 4.69) is 23.5 Å². The number of amides is 4. The molecule has 0 radical (unpaired) electrons. The summed E-state index contributed by atoms with van der Waals surface area (Å²) in [5.74, 6) is 4.29. The second kappa shape index (κ2) is 12.6. The van der Waals surface area contributed by atoms with Crippen molar-refractivity contribution in [2.75, 3.05) is 19.3 Å². The van der Waals surface area contributed by atoms with Crippen molar-refractivity contribution in [2.45, 2.75) is 135 Å². The number of nitrogens with zero attached hydrogens (tertiary/aromatic N) is 2. The van der Waals surface area contributed by atoms with Crippen molar-refractivity contribution in [3.05, 3.63) is 0 Å². The number of urea groups is 1. The fourth-order valence-electron chi connectivity index (χ4n) is 11.3. The molecule has 6 nitrogen and oxygen atoms in total. The number of imide groups is 1. The lowest BCUT2D eigenvalue weighted by molar-refractivity contribution is -0.160. The van der Waals surface area contributed by atoms with Crippen LogP contribution in [0.5, 0.6) is 0 Å². The van der Waals surface area contributed by atoms with E-state index < -0.39 is 0 Å². The van der Waals surface area contributed by atoms with Gasteiger partial charge in [0.15, 0.2) is 0 Å². The molecular weight excluding hydrogens is 542 g/mol. The van der Waals surface area contributed by atoms with Crippen molar-refractivity contribution in [3.63, 3.8) is 0 Å². The highest BCUT2D eigenvalue weighted by molar-refractivity contribution is 7.97. The molecule has 236 valence electrons. The summed E-state index contributed by atoms with van der Waals surface area (Å²) in [4.78, 5) is 44.6. The van der Waals surface area contributed by atoms with Crippen LogP contribution in [0.25, 0.3) is 0 Å². The minimum atomic E-state index is -0.157. The Labute approximate surface area is 259 Å². The van der Waals surface area contributed by atoms with Gasteiger partial charge >= 0.3 is 6.03 Å². The lowest BCUT2D eigenvalue weighted by Gasteiger charge is -2.61. The molecule has 4 amide bonds. The number of carbonyl (C=O) groups is 3. The zero-order valence-corrected chi connectivity index (χ0v) is 27.5. The van der Waals surface area contributed by atoms with Gasteiger partial charge in [0.1, 0.15) is 0 Å². The van der Waals surface area contributed by atoms with E-state index in [1.165, 1.54) is 57.8 Å². The standard InChI is InChI=1S/C35H57N3O3S/c1-34-20-18-28-26(14-17-30-35(28,2)21-19-31(39)37(30)3)27(34)15-16-29(34)32(40)38(22-24-10-6-4-7-11-24)33(41)36-42-23-25-12-8-5-9-13-25/h24-30H,4-23H2,1-3H3,(H,36,41)/t26-,27-,28-,29+,30+,34-,35+/m0/s1. The van der Waals surface area contributed by atoms with Gasteiger partial charge in [-0.3, -0.25) is 19.2 Å². The van der Waals surface area contributed by atoms with E-state index in [9.17, 15) is 14.4 Å². The van der Waals surface area contributed by atoms with E-state index in [1.54, 1.807) is 16.8 Å². The van der Waals surface area contributed by atoms with Crippen LogP contribution in [0.3, 0.4) is 0 Å². The number of nitrogens with one attached hydrogen (secondary N) is 1. The quantitative estimate of drug-likeness (QED) is 0.316. The van der Waals surface area contributed by atoms with Gasteiger partial charge in [0, 0.05) is 37.7 Å². The number of rotatable bonds is 6. The number of likely N-dealkylation sites (tertiary alicyclic amines) is 1. The van der Waals surface area contributed by atoms with Crippen LogP contribution in [-0.4, -0.2) is 53.0 Å². The molecule has 6 aliphatic rings. The molecule has 0 bridgehead atoms. The maximum absolute atomic E-state index is 14.5. The fourth-order valence-corrected chi connectivity index (χ4v) is 12.2. The van der Waals surface area contributed by atoms with Gasteiger partial charge in [-0.25, -0.2) is 4.79 Å². The summed E-state index contributed by atoms with van der Waals surface area (Å²) in [5.41, 5.74) is 0.162. The Morgan fingerprint density at radius 3 is 2.21 bits per heavy atom. The summed E-state index contributed by atoms with van der Waals surface area (Å²) in [6, 6.07) is 0.207. The summed E-state index contributed by atoms with van der Waals surface area (Å²) in [6.45, 7) is 5.47. The molecule has 0 spiro atoms. The van der Waals surface area contributed by atoms with Crippen LogP contribution >= 0.6 is 11.9 Å². The van der Waals surface area contributed by atoms with Crippen molar-refractivity contribution in [1.29, 1.82) is 0 Å². The first kappa shape index (κ1) is 30.8. The van der Waals surface area contributed by atoms with Gasteiger partial charge in [-0.15, -0.1) is 0 Å². The maximum Gasteiger partial charge on any atom is 0.334 e. The largest absolute Gasteiger partial charge is 0.342 e. The number of carbonyl (C=O) groups excluding carboxylic acids is 3. The highest BCUT2D eigenvalue weighted by Gasteiger charge is 2.62. The Morgan fingerprint density at radius 1 is 0.833 bits per heavy atom. The average Bonchev–Trinajstić information content (AvgIpc) is 3.36. The first-order chi connectivity index (χ1) is 20.2. The van der Waals surface area contributed by atoms with Crippen LogP contribution in [0.1, 0.15) is 129 Å². The van der Waals surface area contributed by atoms with Crippen molar-refractivity contribution >= 4 is 29.8 Å². The number of piperidine rings is 1. The van der Waals surface area contributed by atoms with Crippen LogP contribution < -0.4 is 4.72 Å². The van der Waals surface area contributed by atoms with Gasteiger partial charge in [0.2, 0.25) is 11.8 Å². The van der Waals surface area contributed by atoms with Gasteiger partial charge in [0.05, 0.1) is 0 Å². The Bertz CT molecular complexity index is 1010. The highest BCUT2D eigenvalue weighted by atomic mass is 32.2. The Morgan fingerprint density at radius 2 is 1.50 bits per heavy atom. The topological polar surface area (TPSA) is 69.7 Å². The summed E-state index contributed by atoms with van der Waals surface area (Å²) in [5, 5.41) is 0. The Hall–Kier alpha value is -1.24. The molecule has 1 N–H and O–H groups in total. The van der Waals surface area contributed by atoms with E-state index in [1.807, 2.05) is 7.05 Å². The number of hydrogen-bond donors (Lipinski definition) is 1. The molecule has 0 unspecified atom stereocenters. The van der Waals surface area contributed by atoms with E-state index >= 15 is 0 Å². The van der Waals surface area contributed by atoms with Crippen LogP contribution in [0.4, 0.5) is 4.79 Å². The molecule has 1 aliphatic heterocycles. The molecule has 6 fully saturated rings. The van der Waals surface area contributed by atoms with Gasteiger partial charge in [-0.2, -0.15) is 0 Å². The third-order valence-corrected chi connectivity index (χ3v) is 14.7. The molecule has 5 saturated carbocycles. The molecule has 7 atom stereocenters. The molecule has 0 aromatic carbocycles. The van der Waals surface area contributed by atoms with Crippen molar-refractivity contribution in [2.24, 2.45) is 46.3 Å². The van der Waals surface area contributed by atoms with Crippen LogP contribution in [0.15, 0.2) is 0 Å². The molecule has 42 heavy (non-hydrogen) atoms. The predicted molar refractivity (Wildman–Crippen MR) is 170 cm³/mol. The van der Waals surface area contributed by atoms with Gasteiger partial charge in [-0.1, -0.05) is 52.4 Å². The highest BCUT2D eigenvalue weighted by Crippen LogP contribution is 2.66. The molecule has 6 rings (SSSR count). The Balaban J connectivity index is 1.16. The third-order valence-electron chi connectivity index (χ3n) is 13.7. The summed E-state index contributed by atoms with van der Waals surface area (Å²) >= 11 is 1.54. The SMILES string of the molecule is CN1C(=O)CC[C@]2(C)[C@H]3CC[C@]4(C)[C@@H](C(=O)N(CC5CCCCC5)C(=O)NSCC5CCCCC5)CC[C@H]4[C@@H]3CC[C@@H]12. The van der Waals surface area contributed by atoms with Gasteiger partial charge < -0.3 is 4.90 Å². The Kier molecular flexibility index (Phi) is 9.26. The molecule has 7 heteroatoms. The maximum atomic E-state index is 14.5. The monoisotopic (exact) mass is 599 g/mol. The first-order valence-corrected chi connectivity index (χ1v) is 18.7. The van der Waals surface area contributed by atoms with E-state index in [0.717, 1.165) is 57.1 Å². The summed E-state index contributed by atoms with van der Waals surface area (Å²) in [6.07, 6.45) is 20.7. The molecule has 1 saturated heterocycles. The van der Waals surface area contributed by atoms with Crippen LogP contribution in [-0.2, 0) is 9.59 Å². The van der Waals surface area contributed by atoms with Gasteiger partial charge in [-0.05, 0) is 123 Å². The van der Waals surface area contributed by atoms with Crippen molar-refractivity contribution < 1.29 is 14.4 Å². The smallest absolute Gasteiger partial charge is 0.334 e. The average molecular weight is 600 g/mol. The van der Waals surface area contributed by atoms with Gasteiger partial charge in [0.25, 0.3) is 0 Å². The predicted octanol–water partition coefficient (Wildman–Crippen LogP) is 7.81. The second-order valence-corrected chi connectivity index (χ2v) is 16.7. The number of fused-ring (bicyclic) bond motifs is 5. The molecular formula is C35H57N3O3S. The summed E-state index contributed by atoms with van der Waals surface area (Å²) in [7, 11) is 2.03. The lowest BCUT2D eigenvalue weighted by atomic mass is 9.47. The minimum absolute atomic E-state index is 0.0296. The lowest BCUT2D eigenvalue weighted by Crippen LogP contribution is -2.61. The molecule has 0 aromatic heterocycles. The van der Waals surface area contributed by atoms with E-state index in [-0.39, 0.29) is 28.7 Å². The normalized spacial score (nSPS) is 39.3. The van der Waals surface area contributed by atoms with Crippen molar-refractivity contribution in [1.82, 2.24) is 14.5 Å². The van der Waals surface area contributed by atoms with E-state index in [0.29, 0.717) is 54.5 Å². The van der Waals surface area contributed by atoms with Crippen LogP contribution in [0, 0.1) is 46.3 Å². The molecule has 5 aliphatic carbocycles. The van der Waals surface area contributed by atoms with E-state index in [4.69, 9.17) is 0 Å². The zero-order valence-electron chi connectivity index (χ0n) is 26.7. The third kappa shape index (κ3) is 5.67.